The lowest BCUT2D eigenvalue weighted by atomic mass is 10.1. The van der Waals surface area contributed by atoms with Crippen LogP contribution in [0.25, 0.3) is 0 Å². The van der Waals surface area contributed by atoms with Gasteiger partial charge in [0.2, 0.25) is 11.8 Å². The Bertz CT molecular complexity index is 1370. The van der Waals surface area contributed by atoms with Crippen molar-refractivity contribution >= 4 is 50.7 Å². The van der Waals surface area contributed by atoms with Crippen LogP contribution in [0.15, 0.2) is 77.7 Å². The minimum Gasteiger partial charge on any atom is -0.357 e. The SMILES string of the molecule is CC[C@@H](C(=O)NC)N(Cc1ccc(Cl)c(Cl)c1)C(=O)CN(c1cccc(C)c1)S(=O)(=O)c1ccccc1. The van der Waals surface area contributed by atoms with Gasteiger partial charge in [0.25, 0.3) is 10.0 Å². The number of carbonyl (C=O) groups is 2. The van der Waals surface area contributed by atoms with Crippen LogP contribution in [-0.4, -0.2) is 44.8 Å². The molecule has 10 heteroatoms. The zero-order valence-electron chi connectivity index (χ0n) is 20.8. The van der Waals surface area contributed by atoms with Crippen LogP contribution in [0, 0.1) is 6.92 Å². The summed E-state index contributed by atoms with van der Waals surface area (Å²) in [5.41, 5.74) is 1.83. The van der Waals surface area contributed by atoms with Crippen LogP contribution in [0.3, 0.4) is 0 Å². The maximum Gasteiger partial charge on any atom is 0.264 e. The molecule has 0 spiro atoms. The van der Waals surface area contributed by atoms with Gasteiger partial charge in [-0.05, 0) is 60.9 Å². The van der Waals surface area contributed by atoms with Gasteiger partial charge >= 0.3 is 0 Å². The molecule has 2 amide bonds. The number of rotatable bonds is 10. The Kier molecular flexibility index (Phi) is 9.59. The van der Waals surface area contributed by atoms with E-state index in [1.165, 1.54) is 24.1 Å². The number of halogens is 2. The first-order chi connectivity index (χ1) is 17.6. The molecule has 1 atom stereocenters. The van der Waals surface area contributed by atoms with Gasteiger partial charge in [0.1, 0.15) is 12.6 Å². The van der Waals surface area contributed by atoms with E-state index in [-0.39, 0.29) is 17.3 Å². The number of amides is 2. The molecule has 3 aromatic carbocycles. The Morgan fingerprint density at radius 3 is 2.24 bits per heavy atom. The summed E-state index contributed by atoms with van der Waals surface area (Å²) in [6, 6.07) is 19.0. The third-order valence-electron chi connectivity index (χ3n) is 5.87. The number of carbonyl (C=O) groups excluding carboxylic acids is 2. The molecule has 0 aliphatic heterocycles. The summed E-state index contributed by atoms with van der Waals surface area (Å²) in [7, 11) is -2.60. The maximum absolute atomic E-state index is 13.8. The van der Waals surface area contributed by atoms with Gasteiger partial charge in [-0.1, -0.05) is 66.5 Å². The van der Waals surface area contributed by atoms with Crippen molar-refractivity contribution in [2.24, 2.45) is 0 Å². The second-order valence-electron chi connectivity index (χ2n) is 8.47. The molecule has 0 saturated heterocycles. The van der Waals surface area contributed by atoms with Crippen molar-refractivity contribution in [3.05, 3.63) is 94.0 Å². The fraction of sp³-hybridized carbons (Fsp3) is 0.259. The third-order valence-corrected chi connectivity index (χ3v) is 8.40. The normalized spacial score (nSPS) is 12.0. The average Bonchev–Trinajstić information content (AvgIpc) is 2.89. The molecular formula is C27H29Cl2N3O4S. The van der Waals surface area contributed by atoms with Gasteiger partial charge in [0.05, 0.1) is 20.6 Å². The van der Waals surface area contributed by atoms with Crippen LogP contribution < -0.4 is 9.62 Å². The molecular weight excluding hydrogens is 533 g/mol. The lowest BCUT2D eigenvalue weighted by molar-refractivity contribution is -0.140. The zero-order chi connectivity index (χ0) is 27.2. The first kappa shape index (κ1) is 28.5. The van der Waals surface area contributed by atoms with E-state index in [0.717, 1.165) is 9.87 Å². The summed E-state index contributed by atoms with van der Waals surface area (Å²) in [4.78, 5) is 28.0. The third kappa shape index (κ3) is 6.83. The molecule has 196 valence electrons. The van der Waals surface area contributed by atoms with Gasteiger partial charge < -0.3 is 10.2 Å². The van der Waals surface area contributed by atoms with Crippen molar-refractivity contribution in [1.82, 2.24) is 10.2 Å². The molecule has 0 heterocycles. The van der Waals surface area contributed by atoms with E-state index in [1.807, 2.05) is 13.0 Å². The lowest BCUT2D eigenvalue weighted by Crippen LogP contribution is -2.51. The van der Waals surface area contributed by atoms with Crippen LogP contribution in [0.4, 0.5) is 5.69 Å². The van der Waals surface area contributed by atoms with Crippen molar-refractivity contribution in [2.45, 2.75) is 37.8 Å². The second kappa shape index (κ2) is 12.4. The topological polar surface area (TPSA) is 86.8 Å². The van der Waals surface area contributed by atoms with Crippen LogP contribution in [0.5, 0.6) is 0 Å². The highest BCUT2D eigenvalue weighted by Gasteiger charge is 2.33. The molecule has 0 bridgehead atoms. The molecule has 37 heavy (non-hydrogen) atoms. The first-order valence-electron chi connectivity index (χ1n) is 11.7. The van der Waals surface area contributed by atoms with E-state index in [4.69, 9.17) is 23.2 Å². The second-order valence-corrected chi connectivity index (χ2v) is 11.1. The number of likely N-dealkylation sites (N-methyl/N-ethyl adjacent to an activating group) is 1. The Balaban J connectivity index is 2.06. The van der Waals surface area contributed by atoms with E-state index >= 15 is 0 Å². The molecule has 0 aliphatic carbocycles. The predicted molar refractivity (Wildman–Crippen MR) is 147 cm³/mol. The maximum atomic E-state index is 13.8. The summed E-state index contributed by atoms with van der Waals surface area (Å²) in [6.07, 6.45) is 0.322. The van der Waals surface area contributed by atoms with E-state index < -0.39 is 28.5 Å². The molecule has 0 aliphatic rings. The van der Waals surface area contributed by atoms with Crippen LogP contribution in [0.2, 0.25) is 10.0 Å². The fourth-order valence-corrected chi connectivity index (χ4v) is 5.70. The highest BCUT2D eigenvalue weighted by molar-refractivity contribution is 7.92. The summed E-state index contributed by atoms with van der Waals surface area (Å²) in [5, 5.41) is 3.27. The molecule has 0 radical (unpaired) electrons. The highest BCUT2D eigenvalue weighted by Crippen LogP contribution is 2.27. The van der Waals surface area contributed by atoms with Gasteiger partial charge in [0, 0.05) is 13.6 Å². The van der Waals surface area contributed by atoms with Crippen molar-refractivity contribution < 1.29 is 18.0 Å². The summed E-state index contributed by atoms with van der Waals surface area (Å²) >= 11 is 12.2. The van der Waals surface area contributed by atoms with Gasteiger partial charge in [0.15, 0.2) is 0 Å². The minimum absolute atomic E-state index is 0.0364. The van der Waals surface area contributed by atoms with Crippen LogP contribution in [0.1, 0.15) is 24.5 Å². The van der Waals surface area contributed by atoms with E-state index in [9.17, 15) is 18.0 Å². The molecule has 3 rings (SSSR count). The number of anilines is 1. The number of hydrogen-bond donors (Lipinski definition) is 1. The van der Waals surface area contributed by atoms with Crippen LogP contribution >= 0.6 is 23.2 Å². The van der Waals surface area contributed by atoms with E-state index in [1.54, 1.807) is 61.5 Å². The Morgan fingerprint density at radius 1 is 0.946 bits per heavy atom. The molecule has 1 N–H and O–H groups in total. The smallest absolute Gasteiger partial charge is 0.264 e. The van der Waals surface area contributed by atoms with Crippen molar-refractivity contribution in [2.75, 3.05) is 17.9 Å². The number of nitrogens with zero attached hydrogens (tertiary/aromatic N) is 2. The number of nitrogens with one attached hydrogen (secondary N) is 1. The highest BCUT2D eigenvalue weighted by atomic mass is 35.5. The quantitative estimate of drug-likeness (QED) is 0.375. The monoisotopic (exact) mass is 561 g/mol. The number of hydrogen-bond acceptors (Lipinski definition) is 4. The summed E-state index contributed by atoms with van der Waals surface area (Å²) in [6.45, 7) is 3.16. The molecule has 0 aromatic heterocycles. The fourth-order valence-electron chi connectivity index (χ4n) is 3.95. The minimum atomic E-state index is -4.10. The summed E-state index contributed by atoms with van der Waals surface area (Å²) in [5.74, 6) is -0.897. The largest absolute Gasteiger partial charge is 0.357 e. The Hall–Kier alpha value is -3.07. The number of aryl methyl sites for hydroxylation is 1. The van der Waals surface area contributed by atoms with Gasteiger partial charge in [-0.15, -0.1) is 0 Å². The number of benzene rings is 3. The molecule has 7 nitrogen and oxygen atoms in total. The Labute approximate surface area is 228 Å². The van der Waals surface area contributed by atoms with Gasteiger partial charge in [-0.2, -0.15) is 0 Å². The van der Waals surface area contributed by atoms with Crippen LogP contribution in [-0.2, 0) is 26.2 Å². The van der Waals surface area contributed by atoms with Crippen molar-refractivity contribution in [3.63, 3.8) is 0 Å². The first-order valence-corrected chi connectivity index (χ1v) is 13.9. The predicted octanol–water partition coefficient (Wildman–Crippen LogP) is 5.05. The molecule has 0 fully saturated rings. The van der Waals surface area contributed by atoms with Crippen molar-refractivity contribution in [1.29, 1.82) is 0 Å². The molecule has 3 aromatic rings. The standard InChI is InChI=1S/C27H29Cl2N3O4S/c1-4-25(27(34)30-3)31(17-20-13-14-23(28)24(29)16-20)26(33)18-32(21-10-8-9-19(2)15-21)37(35,36)22-11-6-5-7-12-22/h5-16,25H,4,17-18H2,1-3H3,(H,30,34)/t25-/m0/s1. The van der Waals surface area contributed by atoms with Gasteiger partial charge in [-0.3, -0.25) is 13.9 Å². The Morgan fingerprint density at radius 2 is 1.65 bits per heavy atom. The zero-order valence-corrected chi connectivity index (χ0v) is 23.1. The van der Waals surface area contributed by atoms with Crippen molar-refractivity contribution in [3.8, 4) is 0 Å². The summed E-state index contributed by atoms with van der Waals surface area (Å²) < 4.78 is 28.5. The van der Waals surface area contributed by atoms with Gasteiger partial charge in [-0.25, -0.2) is 8.42 Å². The van der Waals surface area contributed by atoms with E-state index in [0.29, 0.717) is 27.7 Å². The molecule has 0 unspecified atom stereocenters. The van der Waals surface area contributed by atoms with E-state index in [2.05, 4.69) is 5.32 Å². The molecule has 0 saturated carbocycles. The number of sulfonamides is 1. The lowest BCUT2D eigenvalue weighted by Gasteiger charge is -2.33. The average molecular weight is 563 g/mol.